The number of nitrogens with one attached hydrogen (secondary N) is 1. The van der Waals surface area contributed by atoms with Crippen LogP contribution in [0.4, 0.5) is 10.2 Å². The first-order valence-electron chi connectivity index (χ1n) is 7.78. The van der Waals surface area contributed by atoms with E-state index in [4.69, 9.17) is 9.26 Å². The standard InChI is InChI=1S/C19H15FN2O4/c1-12-10-16(22-26-12)21-18(23)17(13-6-3-2-4-7-13)25-19(24)14-8-5-9-15(20)11-14/h2-11,17H,1H3,(H,21,22,23). The summed E-state index contributed by atoms with van der Waals surface area (Å²) in [4.78, 5) is 25.0. The van der Waals surface area contributed by atoms with Crippen LogP contribution in [0.15, 0.2) is 65.2 Å². The van der Waals surface area contributed by atoms with Gasteiger partial charge in [0.2, 0.25) is 6.10 Å². The Kier molecular flexibility index (Phi) is 5.07. The Balaban J connectivity index is 1.83. The molecule has 0 aliphatic rings. The average molecular weight is 354 g/mol. The second-order valence-corrected chi connectivity index (χ2v) is 5.52. The number of esters is 1. The lowest BCUT2D eigenvalue weighted by Gasteiger charge is -2.17. The van der Waals surface area contributed by atoms with E-state index in [1.165, 1.54) is 24.3 Å². The van der Waals surface area contributed by atoms with E-state index >= 15 is 0 Å². The number of hydrogen-bond donors (Lipinski definition) is 1. The maximum Gasteiger partial charge on any atom is 0.339 e. The second kappa shape index (κ2) is 7.60. The number of nitrogens with zero attached hydrogens (tertiary/aromatic N) is 1. The van der Waals surface area contributed by atoms with Gasteiger partial charge in [0, 0.05) is 11.6 Å². The number of carbonyl (C=O) groups is 2. The maximum atomic E-state index is 13.3. The van der Waals surface area contributed by atoms with Crippen LogP contribution in [-0.4, -0.2) is 17.0 Å². The minimum absolute atomic E-state index is 0.0102. The molecule has 26 heavy (non-hydrogen) atoms. The summed E-state index contributed by atoms with van der Waals surface area (Å²) < 4.78 is 23.6. The van der Waals surface area contributed by atoms with Crippen LogP contribution < -0.4 is 5.32 Å². The molecule has 0 bridgehead atoms. The average Bonchev–Trinajstić information content (AvgIpc) is 3.04. The Labute approximate surface area is 148 Å². The van der Waals surface area contributed by atoms with E-state index in [2.05, 4.69) is 10.5 Å². The molecule has 132 valence electrons. The van der Waals surface area contributed by atoms with Crippen LogP contribution in [0.1, 0.15) is 27.8 Å². The van der Waals surface area contributed by atoms with Crippen LogP contribution in [0.5, 0.6) is 0 Å². The number of anilines is 1. The number of carbonyl (C=O) groups excluding carboxylic acids is 2. The lowest BCUT2D eigenvalue weighted by molar-refractivity contribution is -0.125. The van der Waals surface area contributed by atoms with Gasteiger partial charge in [0.1, 0.15) is 11.6 Å². The fourth-order valence-corrected chi connectivity index (χ4v) is 2.31. The predicted octanol–water partition coefficient (Wildman–Crippen LogP) is 3.66. The maximum absolute atomic E-state index is 13.3. The summed E-state index contributed by atoms with van der Waals surface area (Å²) in [7, 11) is 0. The van der Waals surface area contributed by atoms with Gasteiger partial charge in [-0.15, -0.1) is 0 Å². The van der Waals surface area contributed by atoms with Crippen molar-refractivity contribution in [3.63, 3.8) is 0 Å². The number of aryl methyl sites for hydroxylation is 1. The third-order valence-corrected chi connectivity index (χ3v) is 3.50. The van der Waals surface area contributed by atoms with Crippen molar-refractivity contribution in [2.24, 2.45) is 0 Å². The van der Waals surface area contributed by atoms with E-state index in [-0.39, 0.29) is 11.4 Å². The monoisotopic (exact) mass is 354 g/mol. The third kappa shape index (κ3) is 4.13. The van der Waals surface area contributed by atoms with Gasteiger partial charge in [-0.25, -0.2) is 9.18 Å². The normalized spacial score (nSPS) is 11.6. The van der Waals surface area contributed by atoms with Crippen LogP contribution >= 0.6 is 0 Å². The highest BCUT2D eigenvalue weighted by atomic mass is 19.1. The molecule has 1 unspecified atom stereocenters. The molecule has 3 rings (SSSR count). The topological polar surface area (TPSA) is 81.4 Å². The minimum atomic E-state index is -1.23. The van der Waals surface area contributed by atoms with Crippen molar-refractivity contribution in [2.75, 3.05) is 5.32 Å². The first kappa shape index (κ1) is 17.3. The minimum Gasteiger partial charge on any atom is -0.444 e. The molecule has 1 atom stereocenters. The third-order valence-electron chi connectivity index (χ3n) is 3.50. The van der Waals surface area contributed by atoms with Crippen LogP contribution in [0.25, 0.3) is 0 Å². The summed E-state index contributed by atoms with van der Waals surface area (Å²) >= 11 is 0. The van der Waals surface area contributed by atoms with Gasteiger partial charge in [0.25, 0.3) is 5.91 Å². The van der Waals surface area contributed by atoms with E-state index < -0.39 is 23.8 Å². The molecule has 6 nitrogen and oxygen atoms in total. The molecule has 0 aliphatic heterocycles. The number of aromatic nitrogens is 1. The van der Waals surface area contributed by atoms with Gasteiger partial charge in [-0.1, -0.05) is 41.6 Å². The lowest BCUT2D eigenvalue weighted by atomic mass is 10.1. The quantitative estimate of drug-likeness (QED) is 0.707. The summed E-state index contributed by atoms with van der Waals surface area (Å²) in [6.45, 7) is 1.68. The van der Waals surface area contributed by atoms with Crippen LogP contribution in [0, 0.1) is 12.7 Å². The number of rotatable bonds is 5. The van der Waals surface area contributed by atoms with Crippen molar-refractivity contribution < 1.29 is 23.2 Å². The van der Waals surface area contributed by atoms with Gasteiger partial charge in [-0.3, -0.25) is 4.79 Å². The number of ether oxygens (including phenoxy) is 1. The van der Waals surface area contributed by atoms with Crippen molar-refractivity contribution in [3.8, 4) is 0 Å². The number of benzene rings is 2. The molecule has 0 saturated heterocycles. The van der Waals surface area contributed by atoms with E-state index in [9.17, 15) is 14.0 Å². The number of hydrogen-bond acceptors (Lipinski definition) is 5. The predicted molar refractivity (Wildman–Crippen MR) is 90.9 cm³/mol. The van der Waals surface area contributed by atoms with Gasteiger partial charge in [-0.05, 0) is 25.1 Å². The van der Waals surface area contributed by atoms with Crippen molar-refractivity contribution in [1.29, 1.82) is 0 Å². The molecule has 0 spiro atoms. The van der Waals surface area contributed by atoms with E-state index in [0.717, 1.165) is 6.07 Å². The fraction of sp³-hybridized carbons (Fsp3) is 0.105. The first-order valence-corrected chi connectivity index (χ1v) is 7.78. The lowest BCUT2D eigenvalue weighted by Crippen LogP contribution is -2.26. The molecular weight excluding hydrogens is 339 g/mol. The summed E-state index contributed by atoms with van der Waals surface area (Å²) in [5.41, 5.74) is 0.478. The van der Waals surface area contributed by atoms with Crippen molar-refractivity contribution >= 4 is 17.7 Å². The van der Waals surface area contributed by atoms with E-state index in [0.29, 0.717) is 11.3 Å². The molecule has 1 amide bonds. The highest BCUT2D eigenvalue weighted by molar-refractivity contribution is 5.97. The Bertz CT molecular complexity index is 924. The zero-order valence-corrected chi connectivity index (χ0v) is 13.8. The van der Waals surface area contributed by atoms with Crippen LogP contribution in [0.2, 0.25) is 0 Å². The highest BCUT2D eigenvalue weighted by Gasteiger charge is 2.26. The van der Waals surface area contributed by atoms with Crippen LogP contribution in [-0.2, 0) is 9.53 Å². The Morgan fingerprint density at radius 3 is 2.54 bits per heavy atom. The molecule has 7 heteroatoms. The van der Waals surface area contributed by atoms with Crippen molar-refractivity contribution in [1.82, 2.24) is 5.16 Å². The molecule has 0 fully saturated rings. The zero-order chi connectivity index (χ0) is 18.5. The summed E-state index contributed by atoms with van der Waals surface area (Å²) in [5.74, 6) is -1.26. The zero-order valence-electron chi connectivity index (χ0n) is 13.8. The SMILES string of the molecule is Cc1cc(NC(=O)C(OC(=O)c2cccc(F)c2)c2ccccc2)no1. The molecule has 0 aliphatic carbocycles. The van der Waals surface area contributed by atoms with Crippen molar-refractivity contribution in [2.45, 2.75) is 13.0 Å². The first-order chi connectivity index (χ1) is 12.5. The molecule has 1 aromatic heterocycles. The van der Waals surface area contributed by atoms with Crippen LogP contribution in [0.3, 0.4) is 0 Å². The molecule has 2 aromatic carbocycles. The summed E-state index contributed by atoms with van der Waals surface area (Å²) in [6.07, 6.45) is -1.23. The smallest absolute Gasteiger partial charge is 0.339 e. The highest BCUT2D eigenvalue weighted by Crippen LogP contribution is 2.22. The Morgan fingerprint density at radius 2 is 1.88 bits per heavy atom. The molecular formula is C19H15FN2O4. The Morgan fingerprint density at radius 1 is 1.12 bits per heavy atom. The molecule has 0 saturated carbocycles. The second-order valence-electron chi connectivity index (χ2n) is 5.52. The number of halogens is 1. The molecule has 3 aromatic rings. The van der Waals surface area contributed by atoms with Gasteiger partial charge in [0.05, 0.1) is 5.56 Å². The molecule has 0 radical (unpaired) electrons. The van der Waals surface area contributed by atoms with Gasteiger partial charge in [-0.2, -0.15) is 0 Å². The summed E-state index contributed by atoms with van der Waals surface area (Å²) in [6, 6.07) is 15.1. The van der Waals surface area contributed by atoms with E-state index in [1.807, 2.05) is 0 Å². The fourth-order valence-electron chi connectivity index (χ4n) is 2.31. The van der Waals surface area contributed by atoms with Gasteiger partial charge < -0.3 is 14.6 Å². The van der Waals surface area contributed by atoms with Gasteiger partial charge >= 0.3 is 5.97 Å². The van der Waals surface area contributed by atoms with E-state index in [1.54, 1.807) is 37.3 Å². The molecule has 1 N–H and O–H groups in total. The van der Waals surface area contributed by atoms with Crippen molar-refractivity contribution in [3.05, 3.63) is 83.4 Å². The van der Waals surface area contributed by atoms with Gasteiger partial charge in [0.15, 0.2) is 5.82 Å². The summed E-state index contributed by atoms with van der Waals surface area (Å²) in [5, 5.41) is 6.22. The molecule has 1 heterocycles. The number of amides is 1. The Hall–Kier alpha value is -3.48. The largest absolute Gasteiger partial charge is 0.444 e.